The SMILES string of the molecule is N#CC(C(=O)C(F)(F)F)c1ccccc1.O. The lowest BCUT2D eigenvalue weighted by Gasteiger charge is -2.10. The van der Waals surface area contributed by atoms with Crippen molar-refractivity contribution in [1.82, 2.24) is 0 Å². The van der Waals surface area contributed by atoms with Crippen molar-refractivity contribution in [2.45, 2.75) is 12.1 Å². The molecule has 0 radical (unpaired) electrons. The van der Waals surface area contributed by atoms with Gasteiger partial charge in [0.05, 0.1) is 6.07 Å². The summed E-state index contributed by atoms with van der Waals surface area (Å²) in [6, 6.07) is 8.53. The van der Waals surface area contributed by atoms with Gasteiger partial charge in [-0.15, -0.1) is 0 Å². The van der Waals surface area contributed by atoms with Crippen LogP contribution in [0.2, 0.25) is 0 Å². The zero-order valence-electron chi connectivity index (χ0n) is 7.95. The molecule has 0 bridgehead atoms. The summed E-state index contributed by atoms with van der Waals surface area (Å²) in [6.07, 6.45) is -4.98. The average Bonchev–Trinajstić information content (AvgIpc) is 2.19. The number of Topliss-reactive ketones (excluding diaryl/α,β-unsaturated/α-hetero) is 1. The molecule has 0 heterocycles. The molecule has 86 valence electrons. The zero-order valence-corrected chi connectivity index (χ0v) is 7.95. The summed E-state index contributed by atoms with van der Waals surface area (Å²) in [4.78, 5) is 10.8. The second-order valence-electron chi connectivity index (χ2n) is 2.83. The Morgan fingerprint density at radius 2 is 1.75 bits per heavy atom. The predicted molar refractivity (Wildman–Crippen MR) is 49.5 cm³/mol. The molecule has 1 aromatic rings. The van der Waals surface area contributed by atoms with E-state index < -0.39 is 17.9 Å². The van der Waals surface area contributed by atoms with E-state index in [-0.39, 0.29) is 11.0 Å². The van der Waals surface area contributed by atoms with Gasteiger partial charge < -0.3 is 5.48 Å². The molecular formula is C10H8F3NO2. The molecule has 0 spiro atoms. The van der Waals surface area contributed by atoms with Crippen LogP contribution in [0.15, 0.2) is 30.3 Å². The van der Waals surface area contributed by atoms with Gasteiger partial charge in [-0.2, -0.15) is 18.4 Å². The number of nitrogens with zero attached hydrogens (tertiary/aromatic N) is 1. The van der Waals surface area contributed by atoms with Crippen molar-refractivity contribution in [3.63, 3.8) is 0 Å². The van der Waals surface area contributed by atoms with Crippen LogP contribution in [-0.2, 0) is 4.79 Å². The minimum absolute atomic E-state index is 0. The van der Waals surface area contributed by atoms with E-state index in [9.17, 15) is 18.0 Å². The van der Waals surface area contributed by atoms with Gasteiger partial charge in [0.15, 0.2) is 0 Å². The summed E-state index contributed by atoms with van der Waals surface area (Å²) in [6.45, 7) is 0. The summed E-state index contributed by atoms with van der Waals surface area (Å²) in [5.74, 6) is -3.80. The maximum Gasteiger partial charge on any atom is 0.451 e. The number of carbonyl (C=O) groups is 1. The van der Waals surface area contributed by atoms with Crippen molar-refractivity contribution in [2.24, 2.45) is 0 Å². The Hall–Kier alpha value is -1.87. The molecule has 1 rings (SSSR count). The first-order chi connectivity index (χ1) is 6.96. The molecule has 0 aromatic heterocycles. The zero-order chi connectivity index (χ0) is 11.5. The van der Waals surface area contributed by atoms with Crippen LogP contribution < -0.4 is 0 Å². The minimum Gasteiger partial charge on any atom is -0.412 e. The standard InChI is InChI=1S/C10H6F3NO.H2O/c11-10(12,13)9(15)8(6-14)7-4-2-1-3-5-7;/h1-5,8H;1H2. The van der Waals surface area contributed by atoms with Crippen molar-refractivity contribution in [2.75, 3.05) is 0 Å². The van der Waals surface area contributed by atoms with E-state index in [2.05, 4.69) is 0 Å². The van der Waals surface area contributed by atoms with Gasteiger partial charge in [-0.05, 0) is 5.56 Å². The topological polar surface area (TPSA) is 72.4 Å². The Labute approximate surface area is 89.4 Å². The third kappa shape index (κ3) is 3.07. The van der Waals surface area contributed by atoms with Crippen molar-refractivity contribution < 1.29 is 23.4 Å². The van der Waals surface area contributed by atoms with Gasteiger partial charge in [0.25, 0.3) is 5.78 Å². The molecule has 1 unspecified atom stereocenters. The van der Waals surface area contributed by atoms with E-state index in [4.69, 9.17) is 5.26 Å². The Morgan fingerprint density at radius 1 is 1.25 bits per heavy atom. The third-order valence-corrected chi connectivity index (χ3v) is 1.80. The summed E-state index contributed by atoms with van der Waals surface area (Å²) < 4.78 is 36.2. The second kappa shape index (κ2) is 5.28. The number of alkyl halides is 3. The van der Waals surface area contributed by atoms with Gasteiger partial charge >= 0.3 is 6.18 Å². The van der Waals surface area contributed by atoms with E-state index in [0.717, 1.165) is 0 Å². The number of carbonyl (C=O) groups excluding carboxylic acids is 1. The molecule has 1 atom stereocenters. The number of benzene rings is 1. The molecule has 0 saturated carbocycles. The Kier molecular flexibility index (Phi) is 4.66. The molecule has 0 aliphatic rings. The Bertz CT molecular complexity index is 395. The van der Waals surface area contributed by atoms with Gasteiger partial charge in [-0.1, -0.05) is 30.3 Å². The summed E-state index contributed by atoms with van der Waals surface area (Å²) in [7, 11) is 0. The second-order valence-corrected chi connectivity index (χ2v) is 2.83. The van der Waals surface area contributed by atoms with E-state index in [0.29, 0.717) is 0 Å². The van der Waals surface area contributed by atoms with E-state index in [1.165, 1.54) is 30.3 Å². The van der Waals surface area contributed by atoms with Gasteiger partial charge in [-0.25, -0.2) is 0 Å². The smallest absolute Gasteiger partial charge is 0.412 e. The number of hydrogen-bond acceptors (Lipinski definition) is 2. The maximum absolute atomic E-state index is 12.1. The van der Waals surface area contributed by atoms with E-state index in [1.807, 2.05) is 0 Å². The Balaban J connectivity index is 0.00000225. The number of nitriles is 1. The van der Waals surface area contributed by atoms with Crippen LogP contribution in [0.3, 0.4) is 0 Å². The molecular weight excluding hydrogens is 223 g/mol. The molecule has 0 aliphatic heterocycles. The summed E-state index contributed by atoms with van der Waals surface area (Å²) in [5.41, 5.74) is 0.0577. The highest BCUT2D eigenvalue weighted by Gasteiger charge is 2.44. The number of rotatable bonds is 2. The average molecular weight is 231 g/mol. The largest absolute Gasteiger partial charge is 0.451 e. The molecule has 16 heavy (non-hydrogen) atoms. The van der Waals surface area contributed by atoms with Crippen LogP contribution in [0.5, 0.6) is 0 Å². The third-order valence-electron chi connectivity index (χ3n) is 1.80. The van der Waals surface area contributed by atoms with Crippen molar-refractivity contribution in [1.29, 1.82) is 5.26 Å². The molecule has 0 saturated heterocycles. The molecule has 1 aromatic carbocycles. The van der Waals surface area contributed by atoms with Crippen molar-refractivity contribution >= 4 is 5.78 Å². The van der Waals surface area contributed by atoms with Crippen molar-refractivity contribution in [3.8, 4) is 6.07 Å². The number of halogens is 3. The highest BCUT2D eigenvalue weighted by atomic mass is 19.4. The van der Waals surface area contributed by atoms with Gasteiger partial charge in [-0.3, -0.25) is 4.79 Å². The fraction of sp³-hybridized carbons (Fsp3) is 0.200. The highest BCUT2D eigenvalue weighted by Crippen LogP contribution is 2.26. The molecule has 0 amide bonds. The van der Waals surface area contributed by atoms with Crippen LogP contribution >= 0.6 is 0 Å². The quantitative estimate of drug-likeness (QED) is 0.775. The lowest BCUT2D eigenvalue weighted by atomic mass is 9.96. The van der Waals surface area contributed by atoms with Crippen LogP contribution in [0, 0.1) is 11.3 Å². The minimum atomic E-state index is -4.98. The van der Waals surface area contributed by atoms with Crippen LogP contribution in [0.4, 0.5) is 13.2 Å². The van der Waals surface area contributed by atoms with Crippen LogP contribution in [-0.4, -0.2) is 17.4 Å². The number of ketones is 1. The Morgan fingerprint density at radius 3 is 2.12 bits per heavy atom. The van der Waals surface area contributed by atoms with Crippen molar-refractivity contribution in [3.05, 3.63) is 35.9 Å². The lowest BCUT2D eigenvalue weighted by molar-refractivity contribution is -0.171. The fourth-order valence-electron chi connectivity index (χ4n) is 1.09. The predicted octanol–water partition coefficient (Wildman–Crippen LogP) is 1.60. The normalized spacial score (nSPS) is 12.1. The molecule has 6 heteroatoms. The molecule has 2 N–H and O–H groups in total. The summed E-state index contributed by atoms with van der Waals surface area (Å²) >= 11 is 0. The molecule has 0 fully saturated rings. The van der Waals surface area contributed by atoms with E-state index >= 15 is 0 Å². The molecule has 0 aliphatic carbocycles. The highest BCUT2D eigenvalue weighted by molar-refractivity contribution is 5.92. The van der Waals surface area contributed by atoms with Crippen LogP contribution in [0.25, 0.3) is 0 Å². The fourth-order valence-corrected chi connectivity index (χ4v) is 1.09. The molecule has 3 nitrogen and oxygen atoms in total. The van der Waals surface area contributed by atoms with Crippen LogP contribution in [0.1, 0.15) is 11.5 Å². The van der Waals surface area contributed by atoms with Gasteiger partial charge in [0.1, 0.15) is 5.92 Å². The first-order valence-electron chi connectivity index (χ1n) is 4.02. The van der Waals surface area contributed by atoms with E-state index in [1.54, 1.807) is 6.07 Å². The monoisotopic (exact) mass is 231 g/mol. The first kappa shape index (κ1) is 14.1. The maximum atomic E-state index is 12.1. The first-order valence-corrected chi connectivity index (χ1v) is 4.02. The summed E-state index contributed by atoms with van der Waals surface area (Å²) in [5, 5.41) is 8.54. The number of hydrogen-bond donors (Lipinski definition) is 0. The van der Waals surface area contributed by atoms with Gasteiger partial charge in [0, 0.05) is 0 Å². The lowest BCUT2D eigenvalue weighted by Crippen LogP contribution is -2.28. The van der Waals surface area contributed by atoms with Gasteiger partial charge in [0.2, 0.25) is 0 Å².